The largest absolute Gasteiger partial charge is 0.360 e. The lowest BCUT2D eigenvalue weighted by Gasteiger charge is -2.33. The summed E-state index contributed by atoms with van der Waals surface area (Å²) in [4.78, 5) is 27.5. The van der Waals surface area contributed by atoms with Crippen LogP contribution in [-0.4, -0.2) is 44.4 Å². The molecule has 0 aliphatic carbocycles. The van der Waals surface area contributed by atoms with Crippen molar-refractivity contribution in [1.82, 2.24) is 0 Å². The van der Waals surface area contributed by atoms with Gasteiger partial charge in [0.25, 0.3) is 5.91 Å². The van der Waals surface area contributed by atoms with E-state index in [0.29, 0.717) is 6.54 Å². The van der Waals surface area contributed by atoms with E-state index in [-0.39, 0.29) is 11.7 Å². The molecule has 1 amide bonds. The van der Waals surface area contributed by atoms with E-state index in [1.165, 1.54) is 23.3 Å². The minimum absolute atomic E-state index is 0.0700. The van der Waals surface area contributed by atoms with Crippen LogP contribution in [0.25, 0.3) is 0 Å². The van der Waals surface area contributed by atoms with Gasteiger partial charge in [-0.2, -0.15) is 0 Å². The number of amides is 1. The Balaban J connectivity index is 1.44. The third-order valence-electron chi connectivity index (χ3n) is 5.58. The van der Waals surface area contributed by atoms with Crippen LogP contribution in [0, 0.1) is 0 Å². The molecule has 1 aliphatic rings. The number of nitrogens with one attached hydrogen (secondary N) is 2. The van der Waals surface area contributed by atoms with Gasteiger partial charge < -0.3 is 15.1 Å². The van der Waals surface area contributed by atoms with Crippen molar-refractivity contribution in [2.45, 2.75) is 33.1 Å². The van der Waals surface area contributed by atoms with Crippen LogP contribution in [0.15, 0.2) is 48.5 Å². The number of carbonyl (C=O) groups is 2. The molecule has 0 saturated carbocycles. The zero-order valence-corrected chi connectivity index (χ0v) is 17.5. The van der Waals surface area contributed by atoms with Gasteiger partial charge in [-0.05, 0) is 61.7 Å². The average Bonchev–Trinajstić information content (AvgIpc) is 2.74. The number of ketones is 1. The van der Waals surface area contributed by atoms with Crippen LogP contribution in [-0.2, 0) is 11.2 Å². The smallest absolute Gasteiger partial charge is 0.279 e. The van der Waals surface area contributed by atoms with Crippen molar-refractivity contribution in [3.05, 3.63) is 59.7 Å². The summed E-state index contributed by atoms with van der Waals surface area (Å²) in [6, 6.07) is 16.0. The van der Waals surface area contributed by atoms with Crippen LogP contribution in [0.5, 0.6) is 0 Å². The van der Waals surface area contributed by atoms with Crippen LogP contribution in [0.4, 0.5) is 11.4 Å². The molecule has 2 aromatic carbocycles. The molecule has 5 heteroatoms. The lowest BCUT2D eigenvalue weighted by atomic mass is 10.1. The first-order chi connectivity index (χ1) is 14.0. The van der Waals surface area contributed by atoms with Gasteiger partial charge in [0.15, 0.2) is 12.3 Å². The average molecular weight is 395 g/mol. The Bertz CT molecular complexity index is 807. The lowest BCUT2D eigenvalue weighted by Crippen LogP contribution is -3.15. The van der Waals surface area contributed by atoms with Crippen molar-refractivity contribution in [3.63, 3.8) is 0 Å². The zero-order chi connectivity index (χ0) is 20.6. The van der Waals surface area contributed by atoms with E-state index in [2.05, 4.69) is 29.3 Å². The highest BCUT2D eigenvalue weighted by atomic mass is 16.2. The highest BCUT2D eigenvalue weighted by molar-refractivity contribution is 5.94. The predicted molar refractivity (Wildman–Crippen MR) is 118 cm³/mol. The Kier molecular flexibility index (Phi) is 7.42. The quantitative estimate of drug-likeness (QED) is 0.677. The molecule has 29 heavy (non-hydrogen) atoms. The first-order valence-corrected chi connectivity index (χ1v) is 10.6. The molecule has 5 nitrogen and oxygen atoms in total. The summed E-state index contributed by atoms with van der Waals surface area (Å²) in [7, 11) is 0. The van der Waals surface area contributed by atoms with Crippen molar-refractivity contribution >= 4 is 23.1 Å². The maximum absolute atomic E-state index is 12.4. The minimum atomic E-state index is 0.0700. The van der Waals surface area contributed by atoms with Gasteiger partial charge in [-0.1, -0.05) is 25.5 Å². The maximum atomic E-state index is 12.4. The van der Waals surface area contributed by atoms with Gasteiger partial charge in [-0.15, -0.1) is 0 Å². The fraction of sp³-hybridized carbons (Fsp3) is 0.417. The van der Waals surface area contributed by atoms with E-state index in [0.717, 1.165) is 49.5 Å². The molecular weight excluding hydrogens is 362 g/mol. The second kappa shape index (κ2) is 10.2. The molecule has 2 N–H and O–H groups in total. The molecule has 154 valence electrons. The molecule has 0 spiro atoms. The van der Waals surface area contributed by atoms with Gasteiger partial charge in [0.05, 0.1) is 26.2 Å². The first-order valence-electron chi connectivity index (χ1n) is 10.6. The van der Waals surface area contributed by atoms with Crippen LogP contribution in [0.1, 0.15) is 42.6 Å². The van der Waals surface area contributed by atoms with Crippen LogP contribution in [0.3, 0.4) is 0 Å². The van der Waals surface area contributed by atoms with Crippen molar-refractivity contribution in [3.8, 4) is 0 Å². The van der Waals surface area contributed by atoms with Gasteiger partial charge in [-0.3, -0.25) is 9.59 Å². The van der Waals surface area contributed by atoms with Crippen molar-refractivity contribution in [2.75, 3.05) is 42.9 Å². The molecule has 1 fully saturated rings. The number of carbonyl (C=O) groups excluding carboxylic acids is 2. The summed E-state index contributed by atoms with van der Waals surface area (Å²) in [6.07, 6.45) is 3.48. The molecule has 0 atom stereocenters. The summed E-state index contributed by atoms with van der Waals surface area (Å²) >= 11 is 0. The predicted octanol–water partition coefficient (Wildman–Crippen LogP) is 2.58. The standard InChI is InChI=1S/C24H31N3O2/c1-3-4-5-20-6-10-22(11-7-20)25-24(29)18-26-14-16-27(17-15-26)23-12-8-21(9-13-23)19(2)28/h6-13H,3-5,14-18H2,1-2H3,(H,25,29)/p+1. The number of Topliss-reactive ketones (excluding diaryl/α,β-unsaturated/α-hetero) is 1. The van der Waals surface area contributed by atoms with Gasteiger partial charge >= 0.3 is 0 Å². The second-order valence-electron chi connectivity index (χ2n) is 7.87. The SMILES string of the molecule is CCCCc1ccc(NC(=O)C[NH+]2CCN(c3ccc(C(C)=O)cc3)CC2)cc1. The summed E-state index contributed by atoms with van der Waals surface area (Å²) < 4.78 is 0. The number of quaternary nitrogens is 1. The molecule has 0 radical (unpaired) electrons. The first kappa shape index (κ1) is 21.1. The fourth-order valence-corrected chi connectivity index (χ4v) is 3.73. The number of rotatable bonds is 8. The highest BCUT2D eigenvalue weighted by Gasteiger charge is 2.22. The number of aryl methyl sites for hydroxylation is 1. The number of hydrogen-bond donors (Lipinski definition) is 2. The fourth-order valence-electron chi connectivity index (χ4n) is 3.73. The molecule has 1 aliphatic heterocycles. The summed E-state index contributed by atoms with van der Waals surface area (Å²) in [5.41, 5.74) is 4.08. The highest BCUT2D eigenvalue weighted by Crippen LogP contribution is 2.15. The Labute approximate surface area is 173 Å². The molecule has 1 heterocycles. The summed E-state index contributed by atoms with van der Waals surface area (Å²) in [5, 5.41) is 3.03. The van der Waals surface area contributed by atoms with Crippen molar-refractivity contribution in [2.24, 2.45) is 0 Å². The van der Waals surface area contributed by atoms with E-state index in [1.807, 2.05) is 36.4 Å². The maximum Gasteiger partial charge on any atom is 0.279 e. The lowest BCUT2D eigenvalue weighted by molar-refractivity contribution is -0.892. The third kappa shape index (κ3) is 6.16. The van der Waals surface area contributed by atoms with Gasteiger partial charge in [0.1, 0.15) is 0 Å². The Morgan fingerprint density at radius 3 is 2.24 bits per heavy atom. The molecule has 0 aromatic heterocycles. The van der Waals surface area contributed by atoms with Crippen molar-refractivity contribution < 1.29 is 14.5 Å². The second-order valence-corrected chi connectivity index (χ2v) is 7.87. The topological polar surface area (TPSA) is 53.9 Å². The van der Waals surface area contributed by atoms with Gasteiger partial charge in [-0.25, -0.2) is 0 Å². The number of unbranched alkanes of at least 4 members (excludes halogenated alkanes) is 1. The number of piperazine rings is 1. The number of hydrogen-bond acceptors (Lipinski definition) is 3. The van der Waals surface area contributed by atoms with E-state index in [4.69, 9.17) is 0 Å². The molecule has 1 saturated heterocycles. The van der Waals surface area contributed by atoms with Crippen molar-refractivity contribution in [1.29, 1.82) is 0 Å². The van der Waals surface area contributed by atoms with Crippen LogP contribution >= 0.6 is 0 Å². The van der Waals surface area contributed by atoms with Gasteiger partial charge in [0.2, 0.25) is 0 Å². The Morgan fingerprint density at radius 1 is 1.00 bits per heavy atom. The number of nitrogens with zero attached hydrogens (tertiary/aromatic N) is 1. The van der Waals surface area contributed by atoms with Crippen LogP contribution < -0.4 is 15.1 Å². The third-order valence-corrected chi connectivity index (χ3v) is 5.58. The molecular formula is C24H32N3O2+. The normalized spacial score (nSPS) is 14.6. The summed E-state index contributed by atoms with van der Waals surface area (Å²) in [6.45, 7) is 7.95. The molecule has 0 bridgehead atoms. The minimum Gasteiger partial charge on any atom is -0.360 e. The van der Waals surface area contributed by atoms with E-state index in [9.17, 15) is 9.59 Å². The van der Waals surface area contributed by atoms with Crippen LogP contribution in [0.2, 0.25) is 0 Å². The zero-order valence-electron chi connectivity index (χ0n) is 17.5. The number of anilines is 2. The van der Waals surface area contributed by atoms with E-state index in [1.54, 1.807) is 6.92 Å². The molecule has 3 rings (SSSR count). The molecule has 0 unspecified atom stereocenters. The number of benzene rings is 2. The Morgan fingerprint density at radius 2 is 1.66 bits per heavy atom. The monoisotopic (exact) mass is 394 g/mol. The molecule has 2 aromatic rings. The van der Waals surface area contributed by atoms with E-state index < -0.39 is 0 Å². The summed E-state index contributed by atoms with van der Waals surface area (Å²) in [5.74, 6) is 0.160. The van der Waals surface area contributed by atoms with Gasteiger partial charge in [0, 0.05) is 16.9 Å². The van der Waals surface area contributed by atoms with E-state index >= 15 is 0 Å². The Hall–Kier alpha value is -2.66.